The molecule has 0 heterocycles. The number of nitrogens with one attached hydrogen (secondary N) is 1. The average Bonchev–Trinajstić information content (AvgIpc) is 3.45. The fourth-order valence-electron chi connectivity index (χ4n) is 3.07. The molecule has 2 atom stereocenters. The van der Waals surface area contributed by atoms with E-state index in [1.165, 1.54) is 5.56 Å². The summed E-state index contributed by atoms with van der Waals surface area (Å²) in [6, 6.07) is 13.4. The van der Waals surface area contributed by atoms with Gasteiger partial charge in [-0.15, -0.1) is 0 Å². The number of benzene rings is 2. The molecule has 0 bridgehead atoms. The lowest BCUT2D eigenvalue weighted by Crippen LogP contribution is -2.14. The van der Waals surface area contributed by atoms with Gasteiger partial charge in [0.05, 0.1) is 20.3 Å². The van der Waals surface area contributed by atoms with E-state index in [0.29, 0.717) is 24.7 Å². The number of anilines is 1. The van der Waals surface area contributed by atoms with Crippen LogP contribution in [0, 0.1) is 5.92 Å². The number of rotatable bonds is 8. The van der Waals surface area contributed by atoms with Crippen LogP contribution in [0.1, 0.15) is 31.7 Å². The van der Waals surface area contributed by atoms with E-state index < -0.39 is 0 Å². The van der Waals surface area contributed by atoms with Gasteiger partial charge in [0, 0.05) is 17.7 Å². The van der Waals surface area contributed by atoms with Crippen LogP contribution in [0.25, 0.3) is 0 Å². The SMILES string of the molecule is CCOc1ccc(NC(=O)C2CC2c2ccc(OC)cc2)cc1OCC. The second-order valence-electron chi connectivity index (χ2n) is 6.24. The van der Waals surface area contributed by atoms with Crippen LogP contribution in [0.4, 0.5) is 5.69 Å². The maximum Gasteiger partial charge on any atom is 0.228 e. The summed E-state index contributed by atoms with van der Waals surface area (Å²) < 4.78 is 16.3. The van der Waals surface area contributed by atoms with Gasteiger partial charge in [-0.25, -0.2) is 0 Å². The van der Waals surface area contributed by atoms with Crippen LogP contribution in [0.3, 0.4) is 0 Å². The minimum absolute atomic E-state index is 0.00510. The van der Waals surface area contributed by atoms with Crippen molar-refractivity contribution < 1.29 is 19.0 Å². The van der Waals surface area contributed by atoms with Crippen molar-refractivity contribution in [2.75, 3.05) is 25.6 Å². The number of methoxy groups -OCH3 is 1. The first-order valence-corrected chi connectivity index (χ1v) is 9.00. The first kappa shape index (κ1) is 18.1. The molecular weight excluding hydrogens is 330 g/mol. The Hall–Kier alpha value is -2.69. The number of carbonyl (C=O) groups excluding carboxylic acids is 1. The molecule has 1 fully saturated rings. The molecule has 2 aromatic carbocycles. The molecule has 3 rings (SSSR count). The van der Waals surface area contributed by atoms with Crippen LogP contribution in [0.2, 0.25) is 0 Å². The van der Waals surface area contributed by atoms with Gasteiger partial charge in [-0.05, 0) is 56.0 Å². The van der Waals surface area contributed by atoms with Gasteiger partial charge in [0.1, 0.15) is 5.75 Å². The molecule has 5 nitrogen and oxygen atoms in total. The highest BCUT2D eigenvalue weighted by atomic mass is 16.5. The molecule has 2 aromatic rings. The lowest BCUT2D eigenvalue weighted by atomic mass is 10.1. The van der Waals surface area contributed by atoms with Gasteiger partial charge < -0.3 is 19.5 Å². The van der Waals surface area contributed by atoms with Gasteiger partial charge in [-0.1, -0.05) is 12.1 Å². The average molecular weight is 355 g/mol. The highest BCUT2D eigenvalue weighted by Gasteiger charge is 2.43. The highest BCUT2D eigenvalue weighted by Crippen LogP contribution is 2.48. The third-order valence-electron chi connectivity index (χ3n) is 4.48. The van der Waals surface area contributed by atoms with E-state index in [1.54, 1.807) is 7.11 Å². The summed E-state index contributed by atoms with van der Waals surface area (Å²) in [6.07, 6.45) is 0.869. The van der Waals surface area contributed by atoms with Gasteiger partial charge in [0.15, 0.2) is 11.5 Å². The summed E-state index contributed by atoms with van der Waals surface area (Å²) in [5.74, 6) is 2.48. The van der Waals surface area contributed by atoms with E-state index >= 15 is 0 Å². The molecule has 0 spiro atoms. The predicted octanol–water partition coefficient (Wildman–Crippen LogP) is 4.23. The van der Waals surface area contributed by atoms with Crippen molar-refractivity contribution in [3.8, 4) is 17.2 Å². The Labute approximate surface area is 154 Å². The standard InChI is InChI=1S/C21H25NO4/c1-4-25-19-11-8-15(12-20(19)26-5-2)22-21(23)18-13-17(18)14-6-9-16(24-3)10-7-14/h6-12,17-18H,4-5,13H2,1-3H3,(H,22,23). The number of hydrogen-bond donors (Lipinski definition) is 1. The first-order chi connectivity index (χ1) is 12.7. The Morgan fingerprint density at radius 1 is 1.04 bits per heavy atom. The summed E-state index contributed by atoms with van der Waals surface area (Å²) >= 11 is 0. The van der Waals surface area contributed by atoms with Gasteiger partial charge in [0.2, 0.25) is 5.91 Å². The molecule has 0 saturated heterocycles. The van der Waals surface area contributed by atoms with E-state index in [9.17, 15) is 4.79 Å². The molecule has 1 N–H and O–H groups in total. The first-order valence-electron chi connectivity index (χ1n) is 9.00. The topological polar surface area (TPSA) is 56.8 Å². The summed E-state index contributed by atoms with van der Waals surface area (Å²) in [4.78, 5) is 12.6. The van der Waals surface area contributed by atoms with Crippen LogP contribution in [0.15, 0.2) is 42.5 Å². The normalized spacial score (nSPS) is 18.1. The van der Waals surface area contributed by atoms with E-state index in [4.69, 9.17) is 14.2 Å². The van der Waals surface area contributed by atoms with Crippen molar-refractivity contribution >= 4 is 11.6 Å². The van der Waals surface area contributed by atoms with Gasteiger partial charge in [-0.2, -0.15) is 0 Å². The fraction of sp³-hybridized carbons (Fsp3) is 0.381. The van der Waals surface area contributed by atoms with Crippen LogP contribution in [-0.2, 0) is 4.79 Å². The van der Waals surface area contributed by atoms with Gasteiger partial charge in [-0.3, -0.25) is 4.79 Å². The highest BCUT2D eigenvalue weighted by molar-refractivity contribution is 5.95. The Morgan fingerprint density at radius 3 is 2.38 bits per heavy atom. The number of carbonyl (C=O) groups is 1. The minimum Gasteiger partial charge on any atom is -0.497 e. The maximum absolute atomic E-state index is 12.6. The molecule has 1 saturated carbocycles. The Morgan fingerprint density at radius 2 is 1.73 bits per heavy atom. The van der Waals surface area contributed by atoms with Crippen LogP contribution in [0.5, 0.6) is 17.2 Å². The zero-order valence-corrected chi connectivity index (χ0v) is 15.5. The Kier molecular flexibility index (Phi) is 5.66. The zero-order chi connectivity index (χ0) is 18.5. The molecule has 1 aliphatic rings. The van der Waals surface area contributed by atoms with Crippen molar-refractivity contribution in [3.05, 3.63) is 48.0 Å². The summed E-state index contributed by atoms with van der Waals surface area (Å²) in [5.41, 5.74) is 1.90. The second kappa shape index (κ2) is 8.13. The fourth-order valence-corrected chi connectivity index (χ4v) is 3.07. The molecule has 1 aliphatic carbocycles. The molecule has 0 aliphatic heterocycles. The quantitative estimate of drug-likeness (QED) is 0.770. The van der Waals surface area contributed by atoms with Crippen molar-refractivity contribution in [1.82, 2.24) is 0 Å². The third kappa shape index (κ3) is 4.10. The van der Waals surface area contributed by atoms with E-state index in [0.717, 1.165) is 17.9 Å². The van der Waals surface area contributed by atoms with Gasteiger partial charge in [0.25, 0.3) is 0 Å². The number of hydrogen-bond acceptors (Lipinski definition) is 4. The summed E-state index contributed by atoms with van der Waals surface area (Å²) in [5, 5.41) is 3.00. The summed E-state index contributed by atoms with van der Waals surface area (Å²) in [6.45, 7) is 4.96. The van der Waals surface area contributed by atoms with Crippen LogP contribution < -0.4 is 19.5 Å². The van der Waals surface area contributed by atoms with Crippen molar-refractivity contribution in [2.45, 2.75) is 26.2 Å². The molecule has 26 heavy (non-hydrogen) atoms. The van der Waals surface area contributed by atoms with Crippen molar-refractivity contribution in [2.24, 2.45) is 5.92 Å². The van der Waals surface area contributed by atoms with E-state index in [-0.39, 0.29) is 17.7 Å². The minimum atomic E-state index is 0.00510. The van der Waals surface area contributed by atoms with E-state index in [2.05, 4.69) is 5.32 Å². The lowest BCUT2D eigenvalue weighted by Gasteiger charge is -2.13. The lowest BCUT2D eigenvalue weighted by molar-refractivity contribution is -0.117. The van der Waals surface area contributed by atoms with Crippen molar-refractivity contribution in [3.63, 3.8) is 0 Å². The number of ether oxygens (including phenoxy) is 3. The van der Waals surface area contributed by atoms with Crippen LogP contribution in [-0.4, -0.2) is 26.2 Å². The zero-order valence-electron chi connectivity index (χ0n) is 15.5. The third-order valence-corrected chi connectivity index (χ3v) is 4.48. The Bertz CT molecular complexity index is 757. The molecule has 138 valence electrons. The van der Waals surface area contributed by atoms with Crippen molar-refractivity contribution in [1.29, 1.82) is 0 Å². The largest absolute Gasteiger partial charge is 0.497 e. The molecule has 0 aromatic heterocycles. The van der Waals surface area contributed by atoms with Crippen LogP contribution >= 0.6 is 0 Å². The smallest absolute Gasteiger partial charge is 0.228 e. The maximum atomic E-state index is 12.6. The predicted molar refractivity (Wildman–Crippen MR) is 101 cm³/mol. The second-order valence-corrected chi connectivity index (χ2v) is 6.24. The molecular formula is C21H25NO4. The summed E-state index contributed by atoms with van der Waals surface area (Å²) in [7, 11) is 1.65. The van der Waals surface area contributed by atoms with Gasteiger partial charge >= 0.3 is 0 Å². The monoisotopic (exact) mass is 355 g/mol. The number of amides is 1. The van der Waals surface area contributed by atoms with E-state index in [1.807, 2.05) is 56.3 Å². The molecule has 0 radical (unpaired) electrons. The Balaban J connectivity index is 1.64. The molecule has 5 heteroatoms. The molecule has 2 unspecified atom stereocenters. The molecule has 1 amide bonds.